The first-order valence-corrected chi connectivity index (χ1v) is 9.00. The third kappa shape index (κ3) is 8.42. The molecule has 0 aliphatic heterocycles. The van der Waals surface area contributed by atoms with Gasteiger partial charge in [-0.25, -0.2) is 0 Å². The van der Waals surface area contributed by atoms with E-state index in [0.717, 1.165) is 9.78 Å². The predicted octanol–water partition coefficient (Wildman–Crippen LogP) is 0.153. The molecule has 0 aliphatic carbocycles. The molecule has 1 unspecified atom stereocenters. The summed E-state index contributed by atoms with van der Waals surface area (Å²) in [4.78, 5) is 28.4. The molecule has 0 saturated heterocycles. The predicted molar refractivity (Wildman–Crippen MR) is 96.1 cm³/mol. The maximum Gasteiger partial charge on any atom is 0.278 e. The lowest BCUT2D eigenvalue weighted by atomic mass is 10.1. The van der Waals surface area contributed by atoms with Crippen LogP contribution in [0.15, 0.2) is 17.5 Å². The third-order valence-electron chi connectivity index (χ3n) is 3.27. The lowest BCUT2D eigenvalue weighted by Gasteiger charge is -2.24. The van der Waals surface area contributed by atoms with Crippen LogP contribution in [0.1, 0.15) is 25.6 Å². The number of carbonyl (C=O) groups is 2. The molecule has 0 aliphatic rings. The van der Waals surface area contributed by atoms with Gasteiger partial charge in [-0.2, -0.15) is 0 Å². The summed E-state index contributed by atoms with van der Waals surface area (Å²) in [6, 6.07) is 4.00. The average molecular weight is 357 g/mol. The van der Waals surface area contributed by atoms with Crippen molar-refractivity contribution in [2.24, 2.45) is 0 Å². The first kappa shape index (κ1) is 20.6. The molecule has 1 rings (SSSR count). The van der Waals surface area contributed by atoms with E-state index in [2.05, 4.69) is 5.32 Å². The van der Waals surface area contributed by atoms with Crippen LogP contribution in [-0.2, 0) is 20.9 Å². The molecule has 1 aromatic heterocycles. The van der Waals surface area contributed by atoms with Crippen molar-refractivity contribution < 1.29 is 19.2 Å². The maximum absolute atomic E-state index is 12.6. The Morgan fingerprint density at radius 1 is 1.33 bits per heavy atom. The number of quaternary nitrogens is 1. The van der Waals surface area contributed by atoms with Crippen LogP contribution in [-0.4, -0.2) is 62.7 Å². The van der Waals surface area contributed by atoms with Crippen LogP contribution < -0.4 is 10.2 Å². The van der Waals surface area contributed by atoms with Gasteiger partial charge in [-0.1, -0.05) is 6.07 Å². The summed E-state index contributed by atoms with van der Waals surface area (Å²) in [5.41, 5.74) is -0.259. The van der Waals surface area contributed by atoms with Gasteiger partial charge in [-0.05, 0) is 32.2 Å². The minimum atomic E-state index is -0.259. The van der Waals surface area contributed by atoms with E-state index in [1.54, 1.807) is 23.3 Å². The van der Waals surface area contributed by atoms with E-state index in [1.165, 1.54) is 0 Å². The number of methoxy groups -OCH3 is 1. The SMILES string of the molecule is COCCN(Cc1cccs1)C(=O)C[NH+](C)CC(=O)NC(C)(C)C. The van der Waals surface area contributed by atoms with Gasteiger partial charge in [0.25, 0.3) is 11.8 Å². The Balaban J connectivity index is 2.54. The van der Waals surface area contributed by atoms with Gasteiger partial charge in [0.15, 0.2) is 13.1 Å². The molecule has 1 heterocycles. The van der Waals surface area contributed by atoms with Crippen molar-refractivity contribution in [1.29, 1.82) is 0 Å². The summed E-state index contributed by atoms with van der Waals surface area (Å²) in [7, 11) is 3.49. The molecule has 0 aromatic carbocycles. The van der Waals surface area contributed by atoms with Gasteiger partial charge < -0.3 is 19.9 Å². The average Bonchev–Trinajstić information content (AvgIpc) is 2.93. The summed E-state index contributed by atoms with van der Waals surface area (Å²) in [6.45, 7) is 8.03. The van der Waals surface area contributed by atoms with E-state index in [1.807, 2.05) is 45.3 Å². The van der Waals surface area contributed by atoms with Crippen molar-refractivity contribution in [1.82, 2.24) is 10.2 Å². The van der Waals surface area contributed by atoms with E-state index < -0.39 is 0 Å². The highest BCUT2D eigenvalue weighted by Gasteiger charge is 2.22. The first-order valence-electron chi connectivity index (χ1n) is 8.12. The number of hydrogen-bond acceptors (Lipinski definition) is 4. The normalized spacial score (nSPS) is 12.7. The number of amides is 2. The third-order valence-corrected chi connectivity index (χ3v) is 4.14. The van der Waals surface area contributed by atoms with E-state index in [-0.39, 0.29) is 30.4 Å². The summed E-state index contributed by atoms with van der Waals surface area (Å²) in [6.07, 6.45) is 0. The molecule has 0 spiro atoms. The van der Waals surface area contributed by atoms with Gasteiger partial charge in [-0.15, -0.1) is 11.3 Å². The summed E-state index contributed by atoms with van der Waals surface area (Å²) >= 11 is 1.63. The fourth-order valence-corrected chi connectivity index (χ4v) is 2.97. The highest BCUT2D eigenvalue weighted by atomic mass is 32.1. The van der Waals surface area contributed by atoms with E-state index >= 15 is 0 Å². The van der Waals surface area contributed by atoms with Crippen LogP contribution in [0.5, 0.6) is 0 Å². The molecular weight excluding hydrogens is 326 g/mol. The second-order valence-electron chi connectivity index (χ2n) is 7.00. The molecule has 2 amide bonds. The Kier molecular flexibility index (Phi) is 8.38. The molecule has 136 valence electrons. The second-order valence-corrected chi connectivity index (χ2v) is 8.03. The Labute approximate surface area is 148 Å². The van der Waals surface area contributed by atoms with Crippen LogP contribution >= 0.6 is 11.3 Å². The first-order chi connectivity index (χ1) is 11.2. The zero-order valence-corrected chi connectivity index (χ0v) is 16.2. The molecular formula is C17H30N3O3S+. The van der Waals surface area contributed by atoms with Crippen LogP contribution in [0.3, 0.4) is 0 Å². The highest BCUT2D eigenvalue weighted by Crippen LogP contribution is 2.11. The van der Waals surface area contributed by atoms with Gasteiger partial charge in [0.2, 0.25) is 0 Å². The smallest absolute Gasteiger partial charge is 0.278 e. The largest absolute Gasteiger partial charge is 0.383 e. The van der Waals surface area contributed by atoms with Crippen molar-refractivity contribution in [3.05, 3.63) is 22.4 Å². The number of nitrogens with one attached hydrogen (secondary N) is 2. The summed E-state index contributed by atoms with van der Waals surface area (Å²) < 4.78 is 5.10. The van der Waals surface area contributed by atoms with Crippen LogP contribution in [0, 0.1) is 0 Å². The number of rotatable bonds is 9. The molecule has 0 bridgehead atoms. The van der Waals surface area contributed by atoms with Crippen molar-refractivity contribution in [2.45, 2.75) is 32.9 Å². The van der Waals surface area contributed by atoms with Crippen molar-refractivity contribution >= 4 is 23.2 Å². The Bertz CT molecular complexity index is 512. The van der Waals surface area contributed by atoms with E-state index in [9.17, 15) is 9.59 Å². The van der Waals surface area contributed by atoms with E-state index in [0.29, 0.717) is 19.7 Å². The molecule has 24 heavy (non-hydrogen) atoms. The monoisotopic (exact) mass is 356 g/mol. The lowest BCUT2D eigenvalue weighted by molar-refractivity contribution is -0.863. The number of carbonyl (C=O) groups excluding carboxylic acids is 2. The van der Waals surface area contributed by atoms with Crippen LogP contribution in [0.4, 0.5) is 0 Å². The van der Waals surface area contributed by atoms with Gasteiger partial charge in [0, 0.05) is 24.1 Å². The molecule has 0 fully saturated rings. The Hall–Kier alpha value is -1.44. The van der Waals surface area contributed by atoms with Gasteiger partial charge >= 0.3 is 0 Å². The minimum Gasteiger partial charge on any atom is -0.383 e. The number of hydrogen-bond donors (Lipinski definition) is 2. The minimum absolute atomic E-state index is 0.0292. The molecule has 2 N–H and O–H groups in total. The zero-order chi connectivity index (χ0) is 18.2. The Morgan fingerprint density at radius 3 is 2.58 bits per heavy atom. The standard InChI is InChI=1S/C17H29N3O3S/c1-17(2,3)18-15(21)12-19(4)13-16(22)20(8-9-23-5)11-14-7-6-10-24-14/h6-7,10H,8-9,11-13H2,1-5H3,(H,18,21)/p+1. The van der Waals surface area contributed by atoms with Crippen LogP contribution in [0.2, 0.25) is 0 Å². The summed E-state index contributed by atoms with van der Waals surface area (Å²) in [5, 5.41) is 4.92. The van der Waals surface area contributed by atoms with Gasteiger partial charge in [0.05, 0.1) is 20.2 Å². The van der Waals surface area contributed by atoms with Crippen molar-refractivity contribution in [3.63, 3.8) is 0 Å². The zero-order valence-electron chi connectivity index (χ0n) is 15.3. The maximum atomic E-state index is 12.6. The second kappa shape index (κ2) is 9.76. The molecule has 1 atom stereocenters. The number of ether oxygens (including phenoxy) is 1. The van der Waals surface area contributed by atoms with Gasteiger partial charge in [-0.3, -0.25) is 9.59 Å². The molecule has 0 saturated carbocycles. The van der Waals surface area contributed by atoms with Crippen molar-refractivity contribution in [3.8, 4) is 0 Å². The van der Waals surface area contributed by atoms with Crippen LogP contribution in [0.25, 0.3) is 0 Å². The topological polar surface area (TPSA) is 63.1 Å². The number of nitrogens with zero attached hydrogens (tertiary/aromatic N) is 1. The molecule has 6 nitrogen and oxygen atoms in total. The summed E-state index contributed by atoms with van der Waals surface area (Å²) in [5.74, 6) is -0.0176. The fourth-order valence-electron chi connectivity index (χ4n) is 2.25. The Morgan fingerprint density at radius 2 is 2.04 bits per heavy atom. The van der Waals surface area contributed by atoms with Gasteiger partial charge in [0.1, 0.15) is 0 Å². The molecule has 1 aromatic rings. The quantitative estimate of drug-likeness (QED) is 0.662. The number of thiophene rings is 1. The fraction of sp³-hybridized carbons (Fsp3) is 0.647. The van der Waals surface area contributed by atoms with Crippen molar-refractivity contribution in [2.75, 3.05) is 40.4 Å². The lowest BCUT2D eigenvalue weighted by Crippen LogP contribution is -3.11. The number of likely N-dealkylation sites (N-methyl/N-ethyl adjacent to an activating group) is 1. The molecule has 7 heteroatoms. The van der Waals surface area contributed by atoms with E-state index in [4.69, 9.17) is 4.74 Å². The highest BCUT2D eigenvalue weighted by molar-refractivity contribution is 7.09. The molecule has 0 radical (unpaired) electrons.